The monoisotopic (exact) mass is 461 g/mol. The Kier molecular flexibility index (Phi) is 6.80. The van der Waals surface area contributed by atoms with Crippen molar-refractivity contribution in [1.82, 2.24) is 9.55 Å². The van der Waals surface area contributed by atoms with Gasteiger partial charge in [0.15, 0.2) is 0 Å². The molecule has 0 spiro atoms. The highest BCUT2D eigenvalue weighted by molar-refractivity contribution is 5.82. The highest BCUT2D eigenvalue weighted by Crippen LogP contribution is 2.29. The predicted octanol–water partition coefficient (Wildman–Crippen LogP) is 6.97. The van der Waals surface area contributed by atoms with Crippen molar-refractivity contribution in [3.63, 3.8) is 0 Å². The molecule has 0 unspecified atom stereocenters. The van der Waals surface area contributed by atoms with Gasteiger partial charge < -0.3 is 14.2 Å². The second-order valence-corrected chi connectivity index (χ2v) is 8.79. The maximum Gasteiger partial charge on any atom is 0.141 e. The van der Waals surface area contributed by atoms with Crippen molar-refractivity contribution in [2.45, 2.75) is 20.4 Å². The largest absolute Gasteiger partial charge is 0.492 e. The lowest BCUT2D eigenvalue weighted by molar-refractivity contribution is 0.324. The number of imidazole rings is 1. The van der Waals surface area contributed by atoms with Crippen LogP contribution in [0.15, 0.2) is 103 Å². The van der Waals surface area contributed by atoms with Crippen molar-refractivity contribution in [3.05, 3.63) is 114 Å². The van der Waals surface area contributed by atoms with Gasteiger partial charge in [0.2, 0.25) is 0 Å². The summed E-state index contributed by atoms with van der Waals surface area (Å²) in [4.78, 5) is 7.35. The molecule has 0 aliphatic rings. The number of hydrogen-bond acceptors (Lipinski definition) is 3. The van der Waals surface area contributed by atoms with Gasteiger partial charge in [-0.1, -0.05) is 72.3 Å². The Morgan fingerprint density at radius 1 is 0.829 bits per heavy atom. The van der Waals surface area contributed by atoms with Crippen LogP contribution < -0.4 is 9.64 Å². The van der Waals surface area contributed by atoms with Gasteiger partial charge in [-0.15, -0.1) is 0 Å². The summed E-state index contributed by atoms with van der Waals surface area (Å²) in [6, 6.07) is 35.8. The first-order valence-electron chi connectivity index (χ1n) is 12.3. The molecule has 0 bridgehead atoms. The standard InChI is InChI=1S/C31H31N3O/c1-3-33(27-15-8-5-9-16-27)19-20-35-28-17-18-29-30(22-28)34(23-25-12-6-4-7-13-25)31(32-29)26-14-10-11-24(2)21-26/h4-18,21-22H,3,19-20,23H2,1-2H3. The Hall–Kier alpha value is -4.05. The van der Waals surface area contributed by atoms with Gasteiger partial charge in [0, 0.05) is 30.4 Å². The average Bonchev–Trinajstić information content (AvgIpc) is 3.25. The van der Waals surface area contributed by atoms with Crippen LogP contribution in [0, 0.1) is 6.92 Å². The minimum atomic E-state index is 0.617. The van der Waals surface area contributed by atoms with Crippen LogP contribution in [0.5, 0.6) is 5.75 Å². The first-order valence-corrected chi connectivity index (χ1v) is 12.3. The number of likely N-dealkylation sites (N-methyl/N-ethyl adjacent to an activating group) is 1. The van der Waals surface area contributed by atoms with Gasteiger partial charge in [0.25, 0.3) is 0 Å². The summed E-state index contributed by atoms with van der Waals surface area (Å²) in [5.41, 5.74) is 6.87. The van der Waals surface area contributed by atoms with Crippen LogP contribution in [-0.4, -0.2) is 29.2 Å². The summed E-state index contributed by atoms with van der Waals surface area (Å²) >= 11 is 0. The molecule has 0 aliphatic heterocycles. The molecule has 5 aromatic rings. The number of para-hydroxylation sites is 1. The molecule has 0 fully saturated rings. The van der Waals surface area contributed by atoms with E-state index in [4.69, 9.17) is 9.72 Å². The molecule has 0 atom stereocenters. The maximum absolute atomic E-state index is 6.22. The van der Waals surface area contributed by atoms with E-state index in [0.717, 1.165) is 47.8 Å². The normalized spacial score (nSPS) is 11.0. The Labute approximate surface area is 207 Å². The lowest BCUT2D eigenvalue weighted by atomic mass is 10.1. The number of hydrogen-bond donors (Lipinski definition) is 0. The maximum atomic E-state index is 6.22. The first-order chi connectivity index (χ1) is 17.2. The lowest BCUT2D eigenvalue weighted by Crippen LogP contribution is -2.27. The fourth-order valence-electron chi connectivity index (χ4n) is 4.51. The summed E-state index contributed by atoms with van der Waals surface area (Å²) < 4.78 is 8.52. The molecule has 176 valence electrons. The van der Waals surface area contributed by atoms with E-state index >= 15 is 0 Å². The topological polar surface area (TPSA) is 30.3 Å². The van der Waals surface area contributed by atoms with Crippen LogP contribution in [0.4, 0.5) is 5.69 Å². The zero-order chi connectivity index (χ0) is 24.0. The zero-order valence-corrected chi connectivity index (χ0v) is 20.4. The molecule has 0 aliphatic carbocycles. The lowest BCUT2D eigenvalue weighted by Gasteiger charge is -2.23. The van der Waals surface area contributed by atoms with Crippen molar-refractivity contribution in [2.75, 3.05) is 24.6 Å². The Morgan fingerprint density at radius 3 is 2.34 bits per heavy atom. The molecule has 1 heterocycles. The van der Waals surface area contributed by atoms with E-state index in [2.05, 4.69) is 114 Å². The molecular weight excluding hydrogens is 430 g/mol. The van der Waals surface area contributed by atoms with Gasteiger partial charge >= 0.3 is 0 Å². The summed E-state index contributed by atoms with van der Waals surface area (Å²) in [6.07, 6.45) is 0. The third-order valence-corrected chi connectivity index (χ3v) is 6.31. The second kappa shape index (κ2) is 10.5. The third-order valence-electron chi connectivity index (χ3n) is 6.31. The van der Waals surface area contributed by atoms with E-state index in [-0.39, 0.29) is 0 Å². The number of aryl methyl sites for hydroxylation is 1. The highest BCUT2D eigenvalue weighted by atomic mass is 16.5. The molecule has 5 rings (SSSR count). The number of aromatic nitrogens is 2. The van der Waals surface area contributed by atoms with Crippen molar-refractivity contribution in [1.29, 1.82) is 0 Å². The van der Waals surface area contributed by atoms with Gasteiger partial charge in [-0.25, -0.2) is 4.98 Å². The van der Waals surface area contributed by atoms with Crippen LogP contribution in [0.25, 0.3) is 22.4 Å². The fourth-order valence-corrected chi connectivity index (χ4v) is 4.51. The number of fused-ring (bicyclic) bond motifs is 1. The number of anilines is 1. The number of rotatable bonds is 9. The summed E-state index contributed by atoms with van der Waals surface area (Å²) in [5, 5.41) is 0. The summed E-state index contributed by atoms with van der Waals surface area (Å²) in [7, 11) is 0. The van der Waals surface area contributed by atoms with Crippen LogP contribution in [0.3, 0.4) is 0 Å². The highest BCUT2D eigenvalue weighted by Gasteiger charge is 2.14. The molecule has 35 heavy (non-hydrogen) atoms. The number of benzene rings is 4. The molecular formula is C31H31N3O. The summed E-state index contributed by atoms with van der Waals surface area (Å²) in [5.74, 6) is 1.84. The molecule has 4 heteroatoms. The van der Waals surface area contributed by atoms with E-state index < -0.39 is 0 Å². The van der Waals surface area contributed by atoms with E-state index in [0.29, 0.717) is 6.61 Å². The van der Waals surface area contributed by atoms with Crippen molar-refractivity contribution in [2.24, 2.45) is 0 Å². The molecule has 4 nitrogen and oxygen atoms in total. The molecule has 0 radical (unpaired) electrons. The van der Waals surface area contributed by atoms with Gasteiger partial charge in [-0.05, 0) is 49.7 Å². The van der Waals surface area contributed by atoms with Crippen LogP contribution >= 0.6 is 0 Å². The Bertz CT molecular complexity index is 1390. The van der Waals surface area contributed by atoms with Gasteiger partial charge in [-0.2, -0.15) is 0 Å². The molecule has 1 aromatic heterocycles. The third kappa shape index (κ3) is 5.22. The van der Waals surface area contributed by atoms with E-state index in [1.54, 1.807) is 0 Å². The Morgan fingerprint density at radius 2 is 1.60 bits per heavy atom. The van der Waals surface area contributed by atoms with Crippen molar-refractivity contribution >= 4 is 16.7 Å². The van der Waals surface area contributed by atoms with Crippen LogP contribution in [-0.2, 0) is 6.54 Å². The average molecular weight is 462 g/mol. The van der Waals surface area contributed by atoms with Crippen LogP contribution in [0.2, 0.25) is 0 Å². The number of nitrogens with zero attached hydrogens (tertiary/aromatic N) is 3. The summed E-state index contributed by atoms with van der Waals surface area (Å²) in [6.45, 7) is 7.43. The molecule has 0 saturated heterocycles. The fraction of sp³-hybridized carbons (Fsp3) is 0.194. The van der Waals surface area contributed by atoms with Gasteiger partial charge in [0.05, 0.1) is 17.6 Å². The molecule has 4 aromatic carbocycles. The zero-order valence-electron chi connectivity index (χ0n) is 20.4. The van der Waals surface area contributed by atoms with Gasteiger partial charge in [0.1, 0.15) is 18.2 Å². The van der Waals surface area contributed by atoms with Crippen molar-refractivity contribution < 1.29 is 4.74 Å². The van der Waals surface area contributed by atoms with E-state index in [9.17, 15) is 0 Å². The molecule has 0 amide bonds. The minimum Gasteiger partial charge on any atom is -0.492 e. The quantitative estimate of drug-likeness (QED) is 0.238. The predicted molar refractivity (Wildman–Crippen MR) is 145 cm³/mol. The first kappa shape index (κ1) is 22.7. The molecule has 0 saturated carbocycles. The van der Waals surface area contributed by atoms with Crippen LogP contribution in [0.1, 0.15) is 18.1 Å². The smallest absolute Gasteiger partial charge is 0.141 e. The minimum absolute atomic E-state index is 0.617. The second-order valence-electron chi connectivity index (χ2n) is 8.79. The van der Waals surface area contributed by atoms with E-state index in [1.165, 1.54) is 16.8 Å². The SMILES string of the molecule is CCN(CCOc1ccc2nc(-c3cccc(C)c3)n(Cc3ccccc3)c2c1)c1ccccc1. The van der Waals surface area contributed by atoms with Gasteiger partial charge in [-0.3, -0.25) is 0 Å². The van der Waals surface area contributed by atoms with Crippen molar-refractivity contribution in [3.8, 4) is 17.1 Å². The van der Waals surface area contributed by atoms with E-state index in [1.807, 2.05) is 12.1 Å². The molecule has 0 N–H and O–H groups in total. The number of ether oxygens (including phenoxy) is 1. The Balaban J connectivity index is 1.43.